The molecule has 8 heteroatoms. The van der Waals surface area contributed by atoms with E-state index in [0.717, 1.165) is 36.8 Å². The first-order valence-corrected chi connectivity index (χ1v) is 10.8. The Balaban J connectivity index is 1.38. The van der Waals surface area contributed by atoms with E-state index in [2.05, 4.69) is 14.9 Å². The van der Waals surface area contributed by atoms with Crippen molar-refractivity contribution >= 4 is 22.2 Å². The molecule has 4 atom stereocenters. The predicted octanol–water partition coefficient (Wildman–Crippen LogP) is 1.54. The van der Waals surface area contributed by atoms with Gasteiger partial charge >= 0.3 is 0 Å². The highest BCUT2D eigenvalue weighted by Crippen LogP contribution is 2.49. The molecule has 27 heavy (non-hydrogen) atoms. The lowest BCUT2D eigenvalue weighted by Gasteiger charge is -2.26. The van der Waals surface area contributed by atoms with Gasteiger partial charge in [0.2, 0.25) is 10.9 Å². The molecule has 2 aromatic rings. The molecule has 0 aliphatic carbocycles. The highest BCUT2D eigenvalue weighted by Gasteiger charge is 2.56. The average molecular weight is 388 g/mol. The second-order valence-electron chi connectivity index (χ2n) is 7.99. The summed E-state index contributed by atoms with van der Waals surface area (Å²) in [6.45, 7) is 6.52. The number of aryl methyl sites for hydroxylation is 1. The van der Waals surface area contributed by atoms with Gasteiger partial charge in [-0.3, -0.25) is 14.5 Å². The van der Waals surface area contributed by atoms with Crippen molar-refractivity contribution in [2.45, 2.75) is 58.2 Å². The summed E-state index contributed by atoms with van der Waals surface area (Å²) in [4.78, 5) is 34.6. The van der Waals surface area contributed by atoms with Gasteiger partial charge in [-0.15, -0.1) is 0 Å². The van der Waals surface area contributed by atoms with Crippen molar-refractivity contribution in [3.05, 3.63) is 27.1 Å². The fourth-order valence-electron chi connectivity index (χ4n) is 5.48. The third kappa shape index (κ3) is 2.64. The molecule has 0 unspecified atom stereocenters. The second-order valence-corrected chi connectivity index (χ2v) is 9.03. The van der Waals surface area contributed by atoms with Gasteiger partial charge < -0.3 is 4.90 Å². The third-order valence-corrected chi connectivity index (χ3v) is 7.71. The largest absolute Gasteiger partial charge is 0.342 e. The van der Waals surface area contributed by atoms with E-state index in [1.807, 2.05) is 13.8 Å². The first-order valence-electron chi connectivity index (χ1n) is 10.0. The normalized spacial score (nSPS) is 29.8. The Labute approximate surface area is 162 Å². The van der Waals surface area contributed by atoms with Gasteiger partial charge in [0.15, 0.2) is 0 Å². The summed E-state index contributed by atoms with van der Waals surface area (Å²) in [5.74, 6) is 1.45. The van der Waals surface area contributed by atoms with E-state index in [1.165, 1.54) is 28.7 Å². The molecular formula is C19H25N5O2S. The molecule has 0 spiro atoms. The van der Waals surface area contributed by atoms with Crippen molar-refractivity contribution in [1.82, 2.24) is 24.4 Å². The molecule has 3 aliphatic heterocycles. The number of rotatable bonds is 4. The van der Waals surface area contributed by atoms with Crippen LogP contribution in [-0.2, 0) is 17.8 Å². The van der Waals surface area contributed by atoms with Gasteiger partial charge in [0.05, 0.1) is 5.69 Å². The molecule has 0 radical (unpaired) electrons. The number of amides is 1. The van der Waals surface area contributed by atoms with Gasteiger partial charge in [-0.2, -0.15) is 9.61 Å². The zero-order valence-corrected chi connectivity index (χ0v) is 16.6. The quantitative estimate of drug-likeness (QED) is 0.796. The summed E-state index contributed by atoms with van der Waals surface area (Å²) >= 11 is 1.50. The molecule has 5 rings (SSSR count). The van der Waals surface area contributed by atoms with Crippen LogP contribution >= 0.6 is 11.3 Å². The maximum atomic E-state index is 12.4. The van der Waals surface area contributed by atoms with Crippen LogP contribution in [-0.4, -0.2) is 55.5 Å². The smallest absolute Gasteiger partial charge is 0.275 e. The van der Waals surface area contributed by atoms with Crippen molar-refractivity contribution in [2.75, 3.05) is 13.1 Å². The van der Waals surface area contributed by atoms with Crippen LogP contribution in [0.5, 0.6) is 0 Å². The van der Waals surface area contributed by atoms with E-state index in [1.54, 1.807) is 6.07 Å². The van der Waals surface area contributed by atoms with Gasteiger partial charge in [0.25, 0.3) is 5.56 Å². The van der Waals surface area contributed by atoms with Crippen molar-refractivity contribution in [1.29, 1.82) is 0 Å². The number of nitrogens with zero attached hydrogens (tertiary/aromatic N) is 5. The minimum absolute atomic E-state index is 0.0857. The number of aromatic nitrogens is 3. The van der Waals surface area contributed by atoms with Gasteiger partial charge in [0, 0.05) is 44.2 Å². The minimum atomic E-state index is -0.0857. The lowest BCUT2D eigenvalue weighted by Crippen LogP contribution is -2.37. The van der Waals surface area contributed by atoms with Crippen LogP contribution in [0.1, 0.15) is 43.8 Å². The maximum absolute atomic E-state index is 12.4. The molecule has 3 saturated heterocycles. The van der Waals surface area contributed by atoms with Crippen molar-refractivity contribution in [3.8, 4) is 0 Å². The summed E-state index contributed by atoms with van der Waals surface area (Å²) in [6, 6.07) is 2.68. The molecule has 5 heterocycles. The highest BCUT2D eigenvalue weighted by atomic mass is 32.1. The van der Waals surface area contributed by atoms with Gasteiger partial charge in [-0.1, -0.05) is 25.2 Å². The van der Waals surface area contributed by atoms with Crippen LogP contribution in [0.2, 0.25) is 0 Å². The molecule has 0 saturated carbocycles. The second kappa shape index (κ2) is 6.38. The van der Waals surface area contributed by atoms with E-state index in [-0.39, 0.29) is 11.5 Å². The molecular weight excluding hydrogens is 362 g/mol. The maximum Gasteiger partial charge on any atom is 0.275 e. The lowest BCUT2D eigenvalue weighted by atomic mass is 9.82. The molecule has 1 amide bonds. The van der Waals surface area contributed by atoms with E-state index in [0.29, 0.717) is 35.3 Å². The first kappa shape index (κ1) is 17.3. The zero-order valence-electron chi connectivity index (χ0n) is 15.8. The monoisotopic (exact) mass is 387 g/mol. The summed E-state index contributed by atoms with van der Waals surface area (Å²) in [7, 11) is 0. The molecule has 0 aromatic carbocycles. The van der Waals surface area contributed by atoms with Crippen molar-refractivity contribution in [3.63, 3.8) is 0 Å². The minimum Gasteiger partial charge on any atom is -0.342 e. The Morgan fingerprint density at radius 2 is 1.93 bits per heavy atom. The van der Waals surface area contributed by atoms with Crippen LogP contribution in [0.25, 0.3) is 4.96 Å². The number of carbonyl (C=O) groups is 1. The number of carbonyl (C=O) groups excluding carboxylic acids is 1. The van der Waals surface area contributed by atoms with E-state index >= 15 is 0 Å². The molecule has 3 fully saturated rings. The SMILES string of the molecule is CCC(=O)N1C[C@@H]2[C@H](C1)[C@@H]1CC[C@H]2N1Cc1cc(=O)n2nc(CC)sc2n1. The molecule has 7 nitrogen and oxygen atoms in total. The highest BCUT2D eigenvalue weighted by molar-refractivity contribution is 7.16. The van der Waals surface area contributed by atoms with Crippen LogP contribution in [0.3, 0.4) is 0 Å². The van der Waals surface area contributed by atoms with Gasteiger partial charge in [-0.25, -0.2) is 4.98 Å². The third-order valence-electron chi connectivity index (χ3n) is 6.65. The zero-order chi connectivity index (χ0) is 18.7. The fourth-order valence-corrected chi connectivity index (χ4v) is 6.33. The first-order chi connectivity index (χ1) is 13.1. The Kier molecular flexibility index (Phi) is 4.09. The van der Waals surface area contributed by atoms with Crippen LogP contribution in [0.4, 0.5) is 0 Å². The average Bonchev–Trinajstić information content (AvgIpc) is 3.40. The molecule has 144 valence electrons. The standard InChI is InChI=1S/C19H25N5O2S/c1-3-16-21-24-18(26)7-11(20-19(24)27-16)8-23-14-5-6-15(23)13-10-22(9-12(13)14)17(25)4-2/h7,12-15H,3-6,8-10H2,1-2H3/t12-,13+,14-,15+. The molecule has 0 N–H and O–H groups in total. The van der Waals surface area contributed by atoms with Crippen LogP contribution in [0.15, 0.2) is 10.9 Å². The number of hydrogen-bond acceptors (Lipinski definition) is 6. The van der Waals surface area contributed by atoms with E-state index < -0.39 is 0 Å². The number of likely N-dealkylation sites (tertiary alicyclic amines) is 1. The molecule has 3 aliphatic rings. The van der Waals surface area contributed by atoms with Crippen molar-refractivity contribution < 1.29 is 4.79 Å². The molecule has 2 aromatic heterocycles. The van der Waals surface area contributed by atoms with Gasteiger partial charge in [-0.05, 0) is 31.1 Å². The topological polar surface area (TPSA) is 70.8 Å². The van der Waals surface area contributed by atoms with E-state index in [4.69, 9.17) is 4.98 Å². The predicted molar refractivity (Wildman–Crippen MR) is 103 cm³/mol. The Hall–Kier alpha value is -1.80. The fraction of sp³-hybridized carbons (Fsp3) is 0.684. The number of fused-ring (bicyclic) bond motifs is 6. The Morgan fingerprint density at radius 1 is 1.22 bits per heavy atom. The number of hydrogen-bond donors (Lipinski definition) is 0. The summed E-state index contributed by atoms with van der Waals surface area (Å²) in [6.07, 6.45) is 3.81. The van der Waals surface area contributed by atoms with Crippen molar-refractivity contribution in [2.24, 2.45) is 11.8 Å². The van der Waals surface area contributed by atoms with E-state index in [9.17, 15) is 9.59 Å². The van der Waals surface area contributed by atoms with Crippen LogP contribution < -0.4 is 5.56 Å². The Bertz CT molecular complexity index is 933. The Morgan fingerprint density at radius 3 is 2.56 bits per heavy atom. The van der Waals surface area contributed by atoms with Crippen LogP contribution in [0, 0.1) is 11.8 Å². The lowest BCUT2D eigenvalue weighted by molar-refractivity contribution is -0.130. The van der Waals surface area contributed by atoms with Gasteiger partial charge in [0.1, 0.15) is 5.01 Å². The summed E-state index contributed by atoms with van der Waals surface area (Å²) < 4.78 is 1.43. The summed E-state index contributed by atoms with van der Waals surface area (Å²) in [5, 5.41) is 5.27. The summed E-state index contributed by atoms with van der Waals surface area (Å²) in [5.41, 5.74) is 0.766. The molecule has 2 bridgehead atoms.